The van der Waals surface area contributed by atoms with Gasteiger partial charge in [0.1, 0.15) is 5.00 Å². The minimum absolute atomic E-state index is 0.257. The van der Waals surface area contributed by atoms with Crippen LogP contribution in [0.25, 0.3) is 15.8 Å². The molecule has 0 fully saturated rings. The van der Waals surface area contributed by atoms with Gasteiger partial charge in [0.25, 0.3) is 0 Å². The predicted octanol–water partition coefficient (Wildman–Crippen LogP) is 9.76. The summed E-state index contributed by atoms with van der Waals surface area (Å²) in [7, 11) is 0. The van der Waals surface area contributed by atoms with Crippen LogP contribution in [0.1, 0.15) is 25.0 Å². The SMILES string of the molecule is CC1(C)C2=C(c3ccccc31)N(c1ccccc1)B(c1cnc(B3N(c4ccccc4)c4sc5ccccc5c4N3c3ccccc3)cn1)N2c1ccccc1. The Morgan fingerprint density at radius 1 is 0.482 bits per heavy atom. The molecule has 0 unspecified atom stereocenters. The maximum atomic E-state index is 5.43. The van der Waals surface area contributed by atoms with E-state index >= 15 is 0 Å². The number of allylic oxidation sites excluding steroid dienone is 1. The maximum Gasteiger partial charge on any atom is 0.442 e. The van der Waals surface area contributed by atoms with Crippen molar-refractivity contribution in [2.24, 2.45) is 0 Å². The van der Waals surface area contributed by atoms with Crippen LogP contribution in [0.4, 0.5) is 33.4 Å². The standard InChI is InChI=1S/C47H36B2N6S/c1-47(2)39-29-17-15-27-37(39)43-45(47)54(35-23-11-5-12-24-35)48(52(43)33-19-7-3-8-20-33)41-31-51-42(32-50-41)49-53(34-21-9-4-10-22-34)44-38-28-16-18-30-40(38)56-46(44)55(49)36-25-13-6-14-26-36/h3-32H,1-2H3. The lowest BCUT2D eigenvalue weighted by Crippen LogP contribution is -2.59. The fourth-order valence-corrected chi connectivity index (χ4v) is 10.4. The van der Waals surface area contributed by atoms with E-state index in [9.17, 15) is 0 Å². The van der Waals surface area contributed by atoms with Crippen molar-refractivity contribution in [1.82, 2.24) is 9.97 Å². The highest BCUT2D eigenvalue weighted by Crippen LogP contribution is 2.56. The van der Waals surface area contributed by atoms with Crippen LogP contribution in [0, 0.1) is 0 Å². The van der Waals surface area contributed by atoms with E-state index in [0.717, 1.165) is 33.9 Å². The molecular weight excluding hydrogens is 702 g/mol. The van der Waals surface area contributed by atoms with E-state index < -0.39 is 0 Å². The lowest BCUT2D eigenvalue weighted by atomic mass is 9.65. The molecular formula is C47H36B2N6S. The van der Waals surface area contributed by atoms with E-state index in [-0.39, 0.29) is 19.4 Å². The number of thiophene rings is 1. The third-order valence-corrected chi connectivity index (χ3v) is 12.7. The van der Waals surface area contributed by atoms with Gasteiger partial charge in [-0.3, -0.25) is 9.97 Å². The number of aromatic nitrogens is 2. The van der Waals surface area contributed by atoms with Crippen LogP contribution < -0.4 is 30.4 Å². The van der Waals surface area contributed by atoms with Gasteiger partial charge in [-0.1, -0.05) is 129 Å². The first-order valence-corrected chi connectivity index (χ1v) is 20.0. The summed E-state index contributed by atoms with van der Waals surface area (Å²) in [5, 5.41) is 2.43. The van der Waals surface area contributed by atoms with Crippen LogP contribution in [-0.4, -0.2) is 23.9 Å². The van der Waals surface area contributed by atoms with E-state index in [1.807, 2.05) is 23.7 Å². The number of rotatable bonds is 6. The van der Waals surface area contributed by atoms with Gasteiger partial charge in [0.15, 0.2) is 0 Å². The molecule has 3 aliphatic rings. The Balaban J connectivity index is 1.10. The summed E-state index contributed by atoms with van der Waals surface area (Å²) in [6, 6.07) is 60.5. The molecule has 0 saturated carbocycles. The molecule has 1 aliphatic carbocycles. The van der Waals surface area contributed by atoms with Crippen molar-refractivity contribution in [1.29, 1.82) is 0 Å². The average Bonchev–Trinajstić information content (AvgIpc) is 3.97. The van der Waals surface area contributed by atoms with E-state index in [1.54, 1.807) is 0 Å². The molecule has 0 amide bonds. The second-order valence-corrected chi connectivity index (χ2v) is 16.1. The molecule has 8 aromatic rings. The molecule has 6 aromatic carbocycles. The molecule has 266 valence electrons. The van der Waals surface area contributed by atoms with Crippen molar-refractivity contribution >= 4 is 85.7 Å². The third kappa shape index (κ3) is 4.83. The van der Waals surface area contributed by atoms with Crippen LogP contribution in [0.15, 0.2) is 188 Å². The summed E-state index contributed by atoms with van der Waals surface area (Å²) in [5.41, 5.74) is 12.2. The lowest BCUT2D eigenvalue weighted by molar-refractivity contribution is 0.632. The Morgan fingerprint density at radius 2 is 0.946 bits per heavy atom. The fourth-order valence-electron chi connectivity index (χ4n) is 9.14. The number of hydrogen-bond donors (Lipinski definition) is 0. The lowest BCUT2D eigenvalue weighted by Gasteiger charge is -2.37. The first kappa shape index (κ1) is 32.8. The summed E-state index contributed by atoms with van der Waals surface area (Å²) < 4.78 is 1.26. The van der Waals surface area contributed by atoms with E-state index in [2.05, 4.69) is 203 Å². The Bertz CT molecular complexity index is 2760. The highest BCUT2D eigenvalue weighted by molar-refractivity contribution is 7.25. The smallest absolute Gasteiger partial charge is 0.361 e. The quantitative estimate of drug-likeness (QED) is 0.158. The third-order valence-electron chi connectivity index (χ3n) is 11.5. The molecule has 0 atom stereocenters. The number of nitrogens with zero attached hydrogens (tertiary/aromatic N) is 6. The van der Waals surface area contributed by atoms with Crippen LogP contribution in [-0.2, 0) is 5.41 Å². The topological polar surface area (TPSA) is 38.7 Å². The zero-order valence-corrected chi connectivity index (χ0v) is 31.9. The molecule has 0 radical (unpaired) electrons. The zero-order chi connectivity index (χ0) is 37.4. The predicted molar refractivity (Wildman–Crippen MR) is 236 cm³/mol. The molecule has 9 heteroatoms. The average molecular weight is 739 g/mol. The Morgan fingerprint density at radius 3 is 1.54 bits per heavy atom. The molecule has 0 saturated heterocycles. The van der Waals surface area contributed by atoms with Gasteiger partial charge < -0.3 is 19.2 Å². The first-order chi connectivity index (χ1) is 27.6. The number of benzene rings is 6. The highest BCUT2D eigenvalue weighted by Gasteiger charge is 2.55. The van der Waals surface area contributed by atoms with E-state index in [4.69, 9.17) is 9.97 Å². The summed E-state index contributed by atoms with van der Waals surface area (Å²) in [4.78, 5) is 20.7. The summed E-state index contributed by atoms with van der Waals surface area (Å²) in [5.74, 6) is 0. The van der Waals surface area contributed by atoms with Gasteiger partial charge in [-0.25, -0.2) is 0 Å². The molecule has 2 aliphatic heterocycles. The van der Waals surface area contributed by atoms with Crippen molar-refractivity contribution in [3.8, 4) is 0 Å². The van der Waals surface area contributed by atoms with Crippen molar-refractivity contribution in [2.45, 2.75) is 19.3 Å². The molecule has 0 N–H and O–H groups in total. The van der Waals surface area contributed by atoms with Crippen molar-refractivity contribution in [2.75, 3.05) is 19.2 Å². The molecule has 0 bridgehead atoms. The highest BCUT2D eigenvalue weighted by atomic mass is 32.1. The number of para-hydroxylation sites is 4. The van der Waals surface area contributed by atoms with Crippen molar-refractivity contribution < 1.29 is 0 Å². The van der Waals surface area contributed by atoms with Crippen molar-refractivity contribution in [3.05, 3.63) is 199 Å². The summed E-state index contributed by atoms with van der Waals surface area (Å²) in [6.07, 6.45) is 4.03. The minimum Gasteiger partial charge on any atom is -0.361 e. The van der Waals surface area contributed by atoms with E-state index in [0.29, 0.717) is 0 Å². The van der Waals surface area contributed by atoms with Gasteiger partial charge in [0.2, 0.25) is 0 Å². The maximum absolute atomic E-state index is 5.43. The van der Waals surface area contributed by atoms with Gasteiger partial charge >= 0.3 is 14.0 Å². The van der Waals surface area contributed by atoms with Gasteiger partial charge in [-0.2, -0.15) is 0 Å². The van der Waals surface area contributed by atoms with E-state index in [1.165, 1.54) is 43.3 Å². The van der Waals surface area contributed by atoms with Crippen LogP contribution >= 0.6 is 11.3 Å². The monoisotopic (exact) mass is 738 g/mol. The number of fused-ring (bicyclic) bond motifs is 5. The van der Waals surface area contributed by atoms with Gasteiger partial charge in [0, 0.05) is 61.9 Å². The molecule has 11 rings (SSSR count). The molecule has 2 aromatic heterocycles. The summed E-state index contributed by atoms with van der Waals surface area (Å²) >= 11 is 1.83. The Labute approximate surface area is 331 Å². The molecule has 0 spiro atoms. The summed E-state index contributed by atoms with van der Waals surface area (Å²) in [6.45, 7) is 4.16. The minimum atomic E-state index is -0.274. The van der Waals surface area contributed by atoms with Gasteiger partial charge in [-0.15, -0.1) is 11.3 Å². The van der Waals surface area contributed by atoms with Crippen molar-refractivity contribution in [3.63, 3.8) is 0 Å². The van der Waals surface area contributed by atoms with Crippen LogP contribution in [0.2, 0.25) is 0 Å². The molecule has 56 heavy (non-hydrogen) atoms. The normalized spacial score (nSPS) is 15.5. The number of hydrogen-bond acceptors (Lipinski definition) is 7. The van der Waals surface area contributed by atoms with Crippen LogP contribution in [0.5, 0.6) is 0 Å². The molecule has 4 heterocycles. The Hall–Kier alpha value is -6.57. The first-order valence-electron chi connectivity index (χ1n) is 19.1. The second kappa shape index (κ2) is 12.8. The fraction of sp³-hybridized carbons (Fsp3) is 0.0638. The van der Waals surface area contributed by atoms with Gasteiger partial charge in [-0.05, 0) is 60.2 Å². The zero-order valence-electron chi connectivity index (χ0n) is 31.1. The van der Waals surface area contributed by atoms with Crippen LogP contribution in [0.3, 0.4) is 0 Å². The largest absolute Gasteiger partial charge is 0.442 e. The van der Waals surface area contributed by atoms with Gasteiger partial charge in [0.05, 0.1) is 22.6 Å². The Kier molecular flexibility index (Phi) is 7.47. The molecule has 6 nitrogen and oxygen atoms in total. The second-order valence-electron chi connectivity index (χ2n) is 15.1. The number of anilines is 6.